The van der Waals surface area contributed by atoms with Gasteiger partial charge in [0.2, 0.25) is 0 Å². The Morgan fingerprint density at radius 1 is 1.56 bits per heavy atom. The molecule has 90 valence electrons. The van der Waals surface area contributed by atoms with E-state index in [1.165, 1.54) is 0 Å². The standard InChI is InChI=1S/C13H20O3/c1-7(2)6-15-11-8-4-9-10(5-8)13(3,14)16-12(9)11/h8-12,14H,1,4-6H2,2-3H3. The number of rotatable bonds is 3. The third-order valence-corrected chi connectivity index (χ3v) is 4.44. The van der Waals surface area contributed by atoms with Crippen LogP contribution in [-0.4, -0.2) is 29.7 Å². The maximum absolute atomic E-state index is 10.2. The minimum absolute atomic E-state index is 0.109. The Kier molecular flexibility index (Phi) is 2.23. The van der Waals surface area contributed by atoms with Crippen molar-refractivity contribution < 1.29 is 14.6 Å². The van der Waals surface area contributed by atoms with Crippen LogP contribution in [0.1, 0.15) is 26.7 Å². The fraction of sp³-hybridized carbons (Fsp3) is 0.846. The van der Waals surface area contributed by atoms with E-state index in [-0.39, 0.29) is 12.2 Å². The zero-order valence-corrected chi connectivity index (χ0v) is 9.98. The van der Waals surface area contributed by atoms with Crippen LogP contribution in [0.4, 0.5) is 0 Å². The highest BCUT2D eigenvalue weighted by atomic mass is 16.7. The molecule has 2 aliphatic carbocycles. The van der Waals surface area contributed by atoms with E-state index < -0.39 is 5.79 Å². The average molecular weight is 224 g/mol. The van der Waals surface area contributed by atoms with E-state index in [0.29, 0.717) is 24.4 Å². The van der Waals surface area contributed by atoms with Gasteiger partial charge in [0.25, 0.3) is 0 Å². The van der Waals surface area contributed by atoms with Gasteiger partial charge < -0.3 is 14.6 Å². The summed E-state index contributed by atoms with van der Waals surface area (Å²) in [7, 11) is 0. The van der Waals surface area contributed by atoms with E-state index in [2.05, 4.69) is 6.58 Å². The summed E-state index contributed by atoms with van der Waals surface area (Å²) in [4.78, 5) is 0. The molecule has 3 heteroatoms. The molecule has 1 saturated heterocycles. The molecule has 2 bridgehead atoms. The molecule has 6 atom stereocenters. The molecule has 0 radical (unpaired) electrons. The van der Waals surface area contributed by atoms with Gasteiger partial charge in [0.05, 0.1) is 18.8 Å². The van der Waals surface area contributed by atoms with Crippen LogP contribution < -0.4 is 0 Å². The topological polar surface area (TPSA) is 38.7 Å². The van der Waals surface area contributed by atoms with Crippen LogP contribution in [0.2, 0.25) is 0 Å². The van der Waals surface area contributed by atoms with Crippen molar-refractivity contribution in [1.29, 1.82) is 0 Å². The summed E-state index contributed by atoms with van der Waals surface area (Å²) in [5, 5.41) is 10.2. The highest BCUT2D eigenvalue weighted by Crippen LogP contribution is 2.60. The van der Waals surface area contributed by atoms with Crippen molar-refractivity contribution in [3.05, 3.63) is 12.2 Å². The lowest BCUT2D eigenvalue weighted by molar-refractivity contribution is -0.205. The van der Waals surface area contributed by atoms with Gasteiger partial charge in [-0.15, -0.1) is 0 Å². The van der Waals surface area contributed by atoms with Gasteiger partial charge in [-0.3, -0.25) is 0 Å². The van der Waals surface area contributed by atoms with Crippen LogP contribution in [0.25, 0.3) is 0 Å². The molecule has 3 rings (SSSR count). The van der Waals surface area contributed by atoms with Gasteiger partial charge in [-0.25, -0.2) is 0 Å². The smallest absolute Gasteiger partial charge is 0.166 e. The van der Waals surface area contributed by atoms with Gasteiger partial charge in [0.15, 0.2) is 5.79 Å². The van der Waals surface area contributed by atoms with Gasteiger partial charge in [-0.05, 0) is 38.5 Å². The summed E-state index contributed by atoms with van der Waals surface area (Å²) in [6.45, 7) is 8.24. The van der Waals surface area contributed by atoms with Crippen molar-refractivity contribution in [1.82, 2.24) is 0 Å². The van der Waals surface area contributed by atoms with Crippen LogP contribution >= 0.6 is 0 Å². The van der Waals surface area contributed by atoms with Crippen LogP contribution in [-0.2, 0) is 9.47 Å². The molecule has 1 N–H and O–H groups in total. The first-order chi connectivity index (χ1) is 7.49. The molecule has 0 aromatic rings. The minimum atomic E-state index is -0.925. The van der Waals surface area contributed by atoms with E-state index in [0.717, 1.165) is 18.4 Å². The van der Waals surface area contributed by atoms with Crippen LogP contribution in [0.3, 0.4) is 0 Å². The highest BCUT2D eigenvalue weighted by molar-refractivity contribution is 5.10. The summed E-state index contributed by atoms with van der Waals surface area (Å²) < 4.78 is 11.7. The zero-order chi connectivity index (χ0) is 11.5. The van der Waals surface area contributed by atoms with Crippen molar-refractivity contribution in [3.63, 3.8) is 0 Å². The Morgan fingerprint density at radius 3 is 3.00 bits per heavy atom. The van der Waals surface area contributed by atoms with Gasteiger partial charge >= 0.3 is 0 Å². The number of fused-ring (bicyclic) bond motifs is 1. The van der Waals surface area contributed by atoms with Crippen molar-refractivity contribution >= 4 is 0 Å². The Morgan fingerprint density at radius 2 is 2.31 bits per heavy atom. The largest absolute Gasteiger partial charge is 0.371 e. The molecule has 0 aromatic carbocycles. The van der Waals surface area contributed by atoms with E-state index >= 15 is 0 Å². The van der Waals surface area contributed by atoms with E-state index in [4.69, 9.17) is 9.47 Å². The second kappa shape index (κ2) is 3.31. The maximum Gasteiger partial charge on any atom is 0.166 e. The predicted octanol–water partition coefficient (Wildman–Crippen LogP) is 1.71. The molecule has 1 aliphatic heterocycles. The lowest BCUT2D eigenvalue weighted by Gasteiger charge is -2.26. The first kappa shape index (κ1) is 10.8. The second-order valence-electron chi connectivity index (χ2n) is 5.87. The summed E-state index contributed by atoms with van der Waals surface area (Å²) in [6.07, 6.45) is 2.49. The maximum atomic E-state index is 10.2. The average Bonchev–Trinajstić information content (AvgIpc) is 2.75. The molecule has 16 heavy (non-hydrogen) atoms. The molecule has 3 aliphatic rings. The minimum Gasteiger partial charge on any atom is -0.371 e. The Bertz CT molecular complexity index is 323. The number of aliphatic hydroxyl groups is 1. The summed E-state index contributed by atoms with van der Waals surface area (Å²) in [6, 6.07) is 0. The summed E-state index contributed by atoms with van der Waals surface area (Å²) >= 11 is 0. The molecule has 3 nitrogen and oxygen atoms in total. The molecule has 0 spiro atoms. The van der Waals surface area contributed by atoms with E-state index in [1.807, 2.05) is 6.92 Å². The Labute approximate surface area is 96.4 Å². The van der Waals surface area contributed by atoms with Crippen LogP contribution in [0.15, 0.2) is 12.2 Å². The predicted molar refractivity (Wildman–Crippen MR) is 59.8 cm³/mol. The first-order valence-corrected chi connectivity index (χ1v) is 6.15. The first-order valence-electron chi connectivity index (χ1n) is 6.15. The third-order valence-electron chi connectivity index (χ3n) is 4.44. The monoisotopic (exact) mass is 224 g/mol. The second-order valence-corrected chi connectivity index (χ2v) is 5.87. The lowest BCUT2D eigenvalue weighted by atomic mass is 9.84. The summed E-state index contributed by atoms with van der Waals surface area (Å²) in [5.74, 6) is 0.487. The third kappa shape index (κ3) is 1.38. The van der Waals surface area contributed by atoms with Crippen molar-refractivity contribution in [2.45, 2.75) is 44.7 Å². The normalized spacial score (nSPS) is 53.6. The Balaban J connectivity index is 1.74. The van der Waals surface area contributed by atoms with Crippen LogP contribution in [0, 0.1) is 17.8 Å². The molecule has 6 unspecified atom stereocenters. The molecule has 2 saturated carbocycles. The SMILES string of the molecule is C=C(C)COC1C2CC3C1OC(C)(O)C3C2. The van der Waals surface area contributed by atoms with Crippen molar-refractivity contribution in [2.75, 3.05) is 6.61 Å². The molecule has 3 fully saturated rings. The van der Waals surface area contributed by atoms with Gasteiger partial charge in [0, 0.05) is 5.92 Å². The number of hydrogen-bond acceptors (Lipinski definition) is 3. The molecular formula is C13H20O3. The van der Waals surface area contributed by atoms with Crippen LogP contribution in [0.5, 0.6) is 0 Å². The number of hydrogen-bond donors (Lipinski definition) is 1. The lowest BCUT2D eigenvalue weighted by Crippen LogP contribution is -2.34. The van der Waals surface area contributed by atoms with E-state index in [9.17, 15) is 5.11 Å². The van der Waals surface area contributed by atoms with Gasteiger partial charge in [0.1, 0.15) is 0 Å². The molecule has 0 amide bonds. The van der Waals surface area contributed by atoms with Crippen molar-refractivity contribution in [3.8, 4) is 0 Å². The zero-order valence-electron chi connectivity index (χ0n) is 9.98. The molecular weight excluding hydrogens is 204 g/mol. The number of ether oxygens (including phenoxy) is 2. The van der Waals surface area contributed by atoms with E-state index in [1.54, 1.807) is 6.92 Å². The summed E-state index contributed by atoms with van der Waals surface area (Å²) in [5.41, 5.74) is 1.05. The Hall–Kier alpha value is -0.380. The molecule has 0 aromatic heterocycles. The van der Waals surface area contributed by atoms with Gasteiger partial charge in [-0.2, -0.15) is 0 Å². The highest BCUT2D eigenvalue weighted by Gasteiger charge is 2.65. The van der Waals surface area contributed by atoms with Crippen molar-refractivity contribution in [2.24, 2.45) is 17.8 Å². The molecule has 1 heterocycles. The van der Waals surface area contributed by atoms with Gasteiger partial charge in [-0.1, -0.05) is 12.2 Å². The fourth-order valence-corrected chi connectivity index (χ4v) is 3.86. The fourth-order valence-electron chi connectivity index (χ4n) is 3.86. The quantitative estimate of drug-likeness (QED) is 0.742.